The number of rotatable bonds is 4. The molecule has 1 unspecified atom stereocenters. The summed E-state index contributed by atoms with van der Waals surface area (Å²) in [7, 11) is 0. The standard InChI is InChI=1S/C22H25BrN2O/c1-15(2)16-5-7-17(8-6-16)22-12-18(4-3-11-25(22)14-26)20-13-19(23)9-10-21(20)24/h5-10,12-15,22H,3-4,11,24H2,1-2H3. The Bertz CT molecular complexity index is 811. The van der Waals surface area contributed by atoms with Gasteiger partial charge < -0.3 is 10.6 Å². The Morgan fingerprint density at radius 3 is 2.58 bits per heavy atom. The van der Waals surface area contributed by atoms with E-state index < -0.39 is 0 Å². The smallest absolute Gasteiger partial charge is 0.210 e. The van der Waals surface area contributed by atoms with Crippen molar-refractivity contribution in [2.75, 3.05) is 12.3 Å². The maximum Gasteiger partial charge on any atom is 0.210 e. The van der Waals surface area contributed by atoms with E-state index in [0.717, 1.165) is 47.1 Å². The van der Waals surface area contributed by atoms with Gasteiger partial charge in [-0.25, -0.2) is 0 Å². The molecular formula is C22H25BrN2O. The third-order valence-electron chi connectivity index (χ3n) is 5.02. The van der Waals surface area contributed by atoms with Crippen molar-refractivity contribution < 1.29 is 4.79 Å². The maximum absolute atomic E-state index is 11.7. The quantitative estimate of drug-likeness (QED) is 0.529. The lowest BCUT2D eigenvalue weighted by atomic mass is 9.95. The number of hydrogen-bond acceptors (Lipinski definition) is 2. The minimum atomic E-state index is -0.0652. The molecule has 0 saturated carbocycles. The minimum absolute atomic E-state index is 0.0652. The summed E-state index contributed by atoms with van der Waals surface area (Å²) in [5, 5.41) is 0. The lowest BCUT2D eigenvalue weighted by molar-refractivity contribution is -0.119. The molecule has 136 valence electrons. The van der Waals surface area contributed by atoms with Crippen molar-refractivity contribution >= 4 is 33.6 Å². The Hall–Kier alpha value is -2.07. The number of benzene rings is 2. The second kappa shape index (κ2) is 8.09. The molecule has 0 saturated heterocycles. The van der Waals surface area contributed by atoms with Gasteiger partial charge in [0.2, 0.25) is 6.41 Å². The summed E-state index contributed by atoms with van der Waals surface area (Å²) >= 11 is 3.54. The second-order valence-corrected chi connectivity index (χ2v) is 8.05. The number of hydrogen-bond donors (Lipinski definition) is 1. The molecule has 0 aromatic heterocycles. The number of halogens is 1. The van der Waals surface area contributed by atoms with Crippen molar-refractivity contribution in [1.29, 1.82) is 0 Å². The fraction of sp³-hybridized carbons (Fsp3) is 0.318. The van der Waals surface area contributed by atoms with E-state index in [1.54, 1.807) is 0 Å². The summed E-state index contributed by atoms with van der Waals surface area (Å²) in [4.78, 5) is 13.6. The van der Waals surface area contributed by atoms with Crippen molar-refractivity contribution in [2.24, 2.45) is 0 Å². The molecule has 26 heavy (non-hydrogen) atoms. The Kier molecular flexibility index (Phi) is 5.82. The molecule has 1 atom stereocenters. The summed E-state index contributed by atoms with van der Waals surface area (Å²) in [5.41, 5.74) is 11.7. The van der Waals surface area contributed by atoms with Gasteiger partial charge in [-0.2, -0.15) is 0 Å². The van der Waals surface area contributed by atoms with Gasteiger partial charge in [0.1, 0.15) is 0 Å². The third-order valence-corrected chi connectivity index (χ3v) is 5.51. The Balaban J connectivity index is 2.03. The van der Waals surface area contributed by atoms with Crippen LogP contribution in [0.4, 0.5) is 5.69 Å². The van der Waals surface area contributed by atoms with Gasteiger partial charge in [0.05, 0.1) is 6.04 Å². The number of anilines is 1. The average molecular weight is 413 g/mol. The van der Waals surface area contributed by atoms with Crippen molar-refractivity contribution in [3.8, 4) is 0 Å². The molecule has 2 aromatic rings. The molecule has 2 N–H and O–H groups in total. The van der Waals surface area contributed by atoms with Crippen LogP contribution in [-0.2, 0) is 4.79 Å². The van der Waals surface area contributed by atoms with E-state index in [1.165, 1.54) is 11.1 Å². The van der Waals surface area contributed by atoms with Gasteiger partial charge in [-0.1, -0.05) is 60.1 Å². The van der Waals surface area contributed by atoms with Crippen molar-refractivity contribution in [3.05, 3.63) is 69.7 Å². The van der Waals surface area contributed by atoms with E-state index >= 15 is 0 Å². The van der Waals surface area contributed by atoms with Crippen LogP contribution in [0.3, 0.4) is 0 Å². The first-order valence-corrected chi connectivity index (χ1v) is 9.86. The molecule has 1 aliphatic heterocycles. The van der Waals surface area contributed by atoms with Gasteiger partial charge in [0.25, 0.3) is 0 Å². The Morgan fingerprint density at radius 1 is 1.19 bits per heavy atom. The van der Waals surface area contributed by atoms with Crippen LogP contribution in [0.15, 0.2) is 53.0 Å². The second-order valence-electron chi connectivity index (χ2n) is 7.14. The highest BCUT2D eigenvalue weighted by Crippen LogP contribution is 2.35. The van der Waals surface area contributed by atoms with E-state index in [1.807, 2.05) is 17.0 Å². The van der Waals surface area contributed by atoms with E-state index in [2.05, 4.69) is 66.2 Å². The number of nitrogens with zero attached hydrogens (tertiary/aromatic N) is 1. The molecule has 0 spiro atoms. The van der Waals surface area contributed by atoms with E-state index in [-0.39, 0.29) is 6.04 Å². The first kappa shape index (κ1) is 18.7. The zero-order valence-corrected chi connectivity index (χ0v) is 16.9. The summed E-state index contributed by atoms with van der Waals surface area (Å²) in [6.07, 6.45) is 5.00. The lowest BCUT2D eigenvalue weighted by Gasteiger charge is -2.25. The predicted molar refractivity (Wildman–Crippen MR) is 112 cm³/mol. The molecule has 0 aliphatic carbocycles. The fourth-order valence-electron chi connectivity index (χ4n) is 3.48. The molecule has 4 heteroatoms. The molecule has 1 aliphatic rings. The van der Waals surface area contributed by atoms with Gasteiger partial charge in [-0.15, -0.1) is 0 Å². The van der Waals surface area contributed by atoms with Crippen LogP contribution in [0.2, 0.25) is 0 Å². The van der Waals surface area contributed by atoms with Crippen LogP contribution in [-0.4, -0.2) is 17.9 Å². The summed E-state index contributed by atoms with van der Waals surface area (Å²) in [6, 6.07) is 14.5. The number of nitrogen functional groups attached to an aromatic ring is 1. The fourth-order valence-corrected chi connectivity index (χ4v) is 3.84. The predicted octanol–water partition coefficient (Wildman–Crippen LogP) is 5.53. The summed E-state index contributed by atoms with van der Waals surface area (Å²) in [6.45, 7) is 5.12. The number of amides is 1. The summed E-state index contributed by atoms with van der Waals surface area (Å²) in [5.74, 6) is 0.493. The van der Waals surface area contributed by atoms with E-state index in [9.17, 15) is 4.79 Å². The van der Waals surface area contributed by atoms with Gasteiger partial charge in [-0.05, 0) is 53.7 Å². The molecule has 2 aromatic carbocycles. The molecular weight excluding hydrogens is 388 g/mol. The van der Waals surface area contributed by atoms with Gasteiger partial charge in [-0.3, -0.25) is 4.79 Å². The highest BCUT2D eigenvalue weighted by atomic mass is 79.9. The zero-order valence-electron chi connectivity index (χ0n) is 15.3. The van der Waals surface area contributed by atoms with Gasteiger partial charge >= 0.3 is 0 Å². The Morgan fingerprint density at radius 2 is 1.92 bits per heavy atom. The monoisotopic (exact) mass is 412 g/mol. The van der Waals surface area contributed by atoms with Crippen LogP contribution in [0.5, 0.6) is 0 Å². The maximum atomic E-state index is 11.7. The van der Waals surface area contributed by atoms with Crippen LogP contribution < -0.4 is 5.73 Å². The first-order valence-electron chi connectivity index (χ1n) is 9.06. The van der Waals surface area contributed by atoms with E-state index in [0.29, 0.717) is 5.92 Å². The van der Waals surface area contributed by atoms with E-state index in [4.69, 9.17) is 5.73 Å². The minimum Gasteiger partial charge on any atom is -0.398 e. The molecule has 0 fully saturated rings. The number of carbonyl (C=O) groups is 1. The molecule has 1 heterocycles. The topological polar surface area (TPSA) is 46.3 Å². The largest absolute Gasteiger partial charge is 0.398 e. The Labute approximate surface area is 164 Å². The van der Waals surface area contributed by atoms with Crippen molar-refractivity contribution in [1.82, 2.24) is 4.90 Å². The van der Waals surface area contributed by atoms with Crippen LogP contribution >= 0.6 is 15.9 Å². The van der Waals surface area contributed by atoms with Crippen molar-refractivity contribution in [3.63, 3.8) is 0 Å². The zero-order chi connectivity index (χ0) is 18.7. The molecule has 3 nitrogen and oxygen atoms in total. The van der Waals surface area contributed by atoms with Gasteiger partial charge in [0, 0.05) is 22.3 Å². The third kappa shape index (κ3) is 4.01. The average Bonchev–Trinajstić information content (AvgIpc) is 2.86. The first-order chi connectivity index (χ1) is 12.5. The van der Waals surface area contributed by atoms with Crippen LogP contribution in [0.1, 0.15) is 55.3 Å². The lowest BCUT2D eigenvalue weighted by Crippen LogP contribution is -2.26. The number of allylic oxidation sites excluding steroid dienone is 1. The number of carbonyl (C=O) groups excluding carboxylic acids is 1. The molecule has 3 rings (SSSR count). The number of nitrogens with two attached hydrogens (primary N) is 1. The molecule has 1 amide bonds. The summed E-state index contributed by atoms with van der Waals surface area (Å²) < 4.78 is 1.01. The van der Waals surface area contributed by atoms with Gasteiger partial charge in [0.15, 0.2) is 0 Å². The van der Waals surface area contributed by atoms with Crippen molar-refractivity contribution in [2.45, 2.75) is 38.6 Å². The highest BCUT2D eigenvalue weighted by Gasteiger charge is 2.22. The normalized spacial score (nSPS) is 17.8. The molecule has 0 bridgehead atoms. The SMILES string of the molecule is CC(C)c1ccc(C2C=C(c3cc(Br)ccc3N)CCCN2C=O)cc1. The highest BCUT2D eigenvalue weighted by molar-refractivity contribution is 9.10. The molecule has 0 radical (unpaired) electrons. The van der Waals surface area contributed by atoms with Crippen LogP contribution in [0, 0.1) is 0 Å². The van der Waals surface area contributed by atoms with Crippen LogP contribution in [0.25, 0.3) is 5.57 Å².